The molecular formula is C25H15Cl2F4N3O3S. The van der Waals surface area contributed by atoms with Gasteiger partial charge in [-0.15, -0.1) is 0 Å². The lowest BCUT2D eigenvalue weighted by Crippen LogP contribution is -2.26. The fraction of sp³-hybridized carbons (Fsp3) is 0.0800. The van der Waals surface area contributed by atoms with E-state index in [4.69, 9.17) is 23.2 Å². The van der Waals surface area contributed by atoms with E-state index in [1.807, 2.05) is 0 Å². The third kappa shape index (κ3) is 5.90. The number of aromatic hydroxyl groups is 1. The quantitative estimate of drug-likeness (QED) is 0.210. The summed E-state index contributed by atoms with van der Waals surface area (Å²) in [5, 5.41) is 14.1. The van der Waals surface area contributed by atoms with Crippen LogP contribution in [-0.4, -0.2) is 21.9 Å². The van der Waals surface area contributed by atoms with Crippen LogP contribution in [0.3, 0.4) is 0 Å². The molecule has 0 fully saturated rings. The van der Waals surface area contributed by atoms with E-state index in [9.17, 15) is 32.3 Å². The highest BCUT2D eigenvalue weighted by Crippen LogP contribution is 2.36. The van der Waals surface area contributed by atoms with Crippen LogP contribution in [0.4, 0.5) is 22.6 Å². The number of hydrogen-bond donors (Lipinski definition) is 3. The minimum absolute atomic E-state index is 0.0426. The van der Waals surface area contributed by atoms with Crippen molar-refractivity contribution in [2.24, 2.45) is 0 Å². The second kappa shape index (κ2) is 11.0. The summed E-state index contributed by atoms with van der Waals surface area (Å²) in [7, 11) is 0. The van der Waals surface area contributed by atoms with Crippen molar-refractivity contribution in [2.75, 3.05) is 5.32 Å². The number of nitrogens with one attached hydrogen (secondary N) is 2. The monoisotopic (exact) mass is 583 g/mol. The number of halogens is 6. The molecule has 0 spiro atoms. The van der Waals surface area contributed by atoms with Crippen LogP contribution in [0.15, 0.2) is 60.7 Å². The van der Waals surface area contributed by atoms with Gasteiger partial charge in [0.1, 0.15) is 15.8 Å². The minimum atomic E-state index is -4.63. The Kier molecular flexibility index (Phi) is 7.91. The van der Waals surface area contributed by atoms with Gasteiger partial charge in [-0.1, -0.05) is 64.9 Å². The maximum absolute atomic E-state index is 14.4. The molecule has 38 heavy (non-hydrogen) atoms. The summed E-state index contributed by atoms with van der Waals surface area (Å²) in [5.74, 6) is -2.75. The first-order valence-corrected chi connectivity index (χ1v) is 12.2. The Morgan fingerprint density at radius 2 is 1.61 bits per heavy atom. The molecule has 1 heterocycles. The van der Waals surface area contributed by atoms with Gasteiger partial charge in [0.15, 0.2) is 11.4 Å². The van der Waals surface area contributed by atoms with E-state index in [-0.39, 0.29) is 42.4 Å². The minimum Gasteiger partial charge on any atom is -0.505 e. The van der Waals surface area contributed by atoms with Crippen LogP contribution in [-0.2, 0) is 12.7 Å². The molecule has 0 bridgehead atoms. The molecule has 3 N–H and O–H groups in total. The van der Waals surface area contributed by atoms with Crippen molar-refractivity contribution in [2.45, 2.75) is 12.7 Å². The summed E-state index contributed by atoms with van der Waals surface area (Å²) < 4.78 is 54.4. The molecule has 0 saturated heterocycles. The van der Waals surface area contributed by atoms with Gasteiger partial charge in [0.05, 0.1) is 15.6 Å². The normalized spacial score (nSPS) is 11.3. The van der Waals surface area contributed by atoms with Crippen molar-refractivity contribution >= 4 is 51.4 Å². The van der Waals surface area contributed by atoms with Gasteiger partial charge >= 0.3 is 6.18 Å². The van der Waals surface area contributed by atoms with Gasteiger partial charge in [-0.05, 0) is 35.9 Å². The first-order chi connectivity index (χ1) is 18.0. The second-order valence-electron chi connectivity index (χ2n) is 7.76. The van der Waals surface area contributed by atoms with Crippen molar-refractivity contribution in [3.63, 3.8) is 0 Å². The van der Waals surface area contributed by atoms with Gasteiger partial charge in [0.25, 0.3) is 11.8 Å². The predicted octanol–water partition coefficient (Wildman–Crippen LogP) is 7.16. The topological polar surface area (TPSA) is 91.3 Å². The highest BCUT2D eigenvalue weighted by Gasteiger charge is 2.33. The molecule has 13 heteroatoms. The maximum Gasteiger partial charge on any atom is 0.416 e. The number of rotatable bonds is 6. The number of anilines is 1. The van der Waals surface area contributed by atoms with Crippen LogP contribution in [0.1, 0.15) is 32.0 Å². The molecule has 2 amide bonds. The van der Waals surface area contributed by atoms with Gasteiger partial charge in [-0.3, -0.25) is 9.59 Å². The van der Waals surface area contributed by atoms with E-state index < -0.39 is 41.7 Å². The second-order valence-corrected chi connectivity index (χ2v) is 9.57. The fourth-order valence-corrected chi connectivity index (χ4v) is 4.86. The Morgan fingerprint density at radius 3 is 2.26 bits per heavy atom. The van der Waals surface area contributed by atoms with Crippen LogP contribution < -0.4 is 10.6 Å². The Hall–Kier alpha value is -3.67. The number of phenols is 1. The Bertz CT molecular complexity index is 1520. The predicted molar refractivity (Wildman–Crippen MR) is 136 cm³/mol. The van der Waals surface area contributed by atoms with Gasteiger partial charge in [-0.25, -0.2) is 9.37 Å². The molecule has 0 aliphatic heterocycles. The molecular weight excluding hydrogens is 569 g/mol. The molecule has 4 aromatic rings. The number of aromatic nitrogens is 1. The standard InChI is InChI=1S/C25H15Cl2F4N3O3S/c26-16-9-13(10-17(27)20(16)35)21(36)34-24-19(33-23(38-24)14-6-2-4-8-18(14)28)22(37)32-11-12-5-1-3-7-15(12)25(29,30)31/h1-10,35H,11H2,(H,32,37)(H,34,36). The molecule has 196 valence electrons. The summed E-state index contributed by atoms with van der Waals surface area (Å²) in [4.78, 5) is 30.1. The van der Waals surface area contributed by atoms with E-state index in [1.165, 1.54) is 36.4 Å². The Labute approximate surface area is 226 Å². The van der Waals surface area contributed by atoms with Gasteiger partial charge < -0.3 is 15.7 Å². The number of benzene rings is 3. The first kappa shape index (κ1) is 27.4. The number of hydrogen-bond acceptors (Lipinski definition) is 5. The Balaban J connectivity index is 1.67. The van der Waals surface area contributed by atoms with E-state index >= 15 is 0 Å². The Morgan fingerprint density at radius 1 is 0.974 bits per heavy atom. The molecule has 0 saturated carbocycles. The zero-order valence-corrected chi connectivity index (χ0v) is 21.2. The van der Waals surface area contributed by atoms with Gasteiger partial charge in [0.2, 0.25) is 0 Å². The summed E-state index contributed by atoms with van der Waals surface area (Å²) in [5.41, 5.74) is -1.46. The summed E-state index contributed by atoms with van der Waals surface area (Å²) in [6.45, 7) is -0.488. The van der Waals surface area contributed by atoms with Crippen LogP contribution in [0.5, 0.6) is 5.75 Å². The number of nitrogens with zero attached hydrogens (tertiary/aromatic N) is 1. The van der Waals surface area contributed by atoms with E-state index in [0.29, 0.717) is 0 Å². The zero-order valence-electron chi connectivity index (χ0n) is 18.9. The molecule has 0 radical (unpaired) electrons. The van der Waals surface area contributed by atoms with Crippen molar-refractivity contribution in [1.82, 2.24) is 10.3 Å². The lowest BCUT2D eigenvalue weighted by Gasteiger charge is -2.13. The van der Waals surface area contributed by atoms with E-state index in [0.717, 1.165) is 29.5 Å². The van der Waals surface area contributed by atoms with Crippen LogP contribution in [0, 0.1) is 5.82 Å². The molecule has 0 unspecified atom stereocenters. The number of alkyl halides is 3. The number of carbonyl (C=O) groups excluding carboxylic acids is 2. The molecule has 4 rings (SSSR count). The van der Waals surface area contributed by atoms with Gasteiger partial charge in [-0.2, -0.15) is 13.2 Å². The highest BCUT2D eigenvalue weighted by atomic mass is 35.5. The van der Waals surface area contributed by atoms with Crippen LogP contribution in [0.25, 0.3) is 10.6 Å². The number of carbonyl (C=O) groups is 2. The lowest BCUT2D eigenvalue weighted by atomic mass is 10.1. The molecule has 0 aliphatic rings. The SMILES string of the molecule is O=C(Nc1sc(-c2ccccc2F)nc1C(=O)NCc1ccccc1C(F)(F)F)c1cc(Cl)c(O)c(Cl)c1. The smallest absolute Gasteiger partial charge is 0.416 e. The zero-order chi connectivity index (χ0) is 27.6. The van der Waals surface area contributed by atoms with E-state index in [1.54, 1.807) is 6.07 Å². The first-order valence-electron chi connectivity index (χ1n) is 10.6. The molecule has 1 aromatic heterocycles. The molecule has 6 nitrogen and oxygen atoms in total. The third-order valence-corrected chi connectivity index (χ3v) is 6.80. The summed E-state index contributed by atoms with van der Waals surface area (Å²) >= 11 is 12.5. The van der Waals surface area contributed by atoms with Crippen LogP contribution >= 0.6 is 34.5 Å². The van der Waals surface area contributed by atoms with Crippen molar-refractivity contribution < 1.29 is 32.3 Å². The average Bonchev–Trinajstić information content (AvgIpc) is 3.28. The lowest BCUT2D eigenvalue weighted by molar-refractivity contribution is -0.138. The largest absolute Gasteiger partial charge is 0.505 e. The van der Waals surface area contributed by atoms with Crippen molar-refractivity contribution in [1.29, 1.82) is 0 Å². The molecule has 0 atom stereocenters. The third-order valence-electron chi connectivity index (χ3n) is 5.21. The molecule has 0 aliphatic carbocycles. The summed E-state index contributed by atoms with van der Waals surface area (Å²) in [6.07, 6.45) is -4.63. The van der Waals surface area contributed by atoms with Crippen molar-refractivity contribution in [3.8, 4) is 16.3 Å². The average molecular weight is 584 g/mol. The van der Waals surface area contributed by atoms with E-state index in [2.05, 4.69) is 15.6 Å². The maximum atomic E-state index is 14.4. The van der Waals surface area contributed by atoms with Crippen molar-refractivity contribution in [3.05, 3.63) is 98.9 Å². The van der Waals surface area contributed by atoms with Crippen LogP contribution in [0.2, 0.25) is 10.0 Å². The molecule has 3 aromatic carbocycles. The number of thiazole rings is 1. The van der Waals surface area contributed by atoms with Gasteiger partial charge in [0, 0.05) is 17.7 Å². The number of phenolic OH excluding ortho intramolecular Hbond substituents is 1. The number of amides is 2. The summed E-state index contributed by atoms with van der Waals surface area (Å²) in [6, 6.07) is 12.6. The highest BCUT2D eigenvalue weighted by molar-refractivity contribution is 7.19. The fourth-order valence-electron chi connectivity index (χ4n) is 3.39.